The van der Waals surface area contributed by atoms with E-state index in [4.69, 9.17) is 28.0 Å². The SMILES string of the molecule is Cc1cc(C2=NOC(c3cc(Cl)cc(Cl)c3)(C(F)(F)F)C2)ccc1C(=O)N(C)c1nc(CCC(F)(F)F)n(C)n1. The molecule has 0 aliphatic carbocycles. The molecular formula is C25H21Cl2F6N5O2. The minimum Gasteiger partial charge on any atom is -0.374 e. The number of nitrogens with zero attached hydrogens (tertiary/aromatic N) is 5. The van der Waals surface area contributed by atoms with Gasteiger partial charge in [-0.1, -0.05) is 34.4 Å². The van der Waals surface area contributed by atoms with E-state index in [9.17, 15) is 31.1 Å². The minimum atomic E-state index is -4.87. The first-order chi connectivity index (χ1) is 18.5. The highest BCUT2D eigenvalue weighted by Crippen LogP contribution is 2.49. The first kappa shape index (κ1) is 29.7. The summed E-state index contributed by atoms with van der Waals surface area (Å²) in [5, 5.41) is 7.75. The molecule has 214 valence electrons. The van der Waals surface area contributed by atoms with Crippen LogP contribution in [-0.2, 0) is 23.9 Å². The molecular weight excluding hydrogens is 587 g/mol. The second-order valence-corrected chi connectivity index (χ2v) is 10.1. The molecule has 0 saturated carbocycles. The molecule has 2 aromatic carbocycles. The monoisotopic (exact) mass is 607 g/mol. The van der Waals surface area contributed by atoms with Crippen molar-refractivity contribution in [2.75, 3.05) is 11.9 Å². The number of carbonyl (C=O) groups excluding carboxylic acids is 1. The van der Waals surface area contributed by atoms with Crippen LogP contribution in [0.25, 0.3) is 0 Å². The smallest absolute Gasteiger partial charge is 0.374 e. The van der Waals surface area contributed by atoms with Crippen LogP contribution in [0.2, 0.25) is 10.0 Å². The van der Waals surface area contributed by atoms with Crippen LogP contribution in [0.15, 0.2) is 41.6 Å². The largest absolute Gasteiger partial charge is 0.435 e. The van der Waals surface area contributed by atoms with Gasteiger partial charge in [-0.2, -0.15) is 31.3 Å². The Morgan fingerprint density at radius 2 is 1.75 bits per heavy atom. The summed E-state index contributed by atoms with van der Waals surface area (Å²) in [6, 6.07) is 7.84. The summed E-state index contributed by atoms with van der Waals surface area (Å²) in [4.78, 5) is 23.3. The molecule has 2 heterocycles. The van der Waals surface area contributed by atoms with Crippen molar-refractivity contribution in [1.29, 1.82) is 0 Å². The summed E-state index contributed by atoms with van der Waals surface area (Å²) in [5.41, 5.74) is -2.25. The highest BCUT2D eigenvalue weighted by molar-refractivity contribution is 6.34. The van der Waals surface area contributed by atoms with Crippen LogP contribution in [0, 0.1) is 6.92 Å². The number of aromatic nitrogens is 3. The number of anilines is 1. The van der Waals surface area contributed by atoms with Crippen molar-refractivity contribution >= 4 is 40.8 Å². The molecule has 1 amide bonds. The maximum absolute atomic E-state index is 14.3. The Bertz CT molecular complexity index is 1470. The van der Waals surface area contributed by atoms with Crippen LogP contribution in [0.5, 0.6) is 0 Å². The Kier molecular flexibility index (Phi) is 7.85. The fourth-order valence-electron chi connectivity index (χ4n) is 4.22. The zero-order valence-electron chi connectivity index (χ0n) is 21.2. The first-order valence-electron chi connectivity index (χ1n) is 11.6. The summed E-state index contributed by atoms with van der Waals surface area (Å²) in [6.07, 6.45) is -11.4. The second-order valence-electron chi connectivity index (χ2n) is 9.25. The van der Waals surface area contributed by atoms with Crippen LogP contribution >= 0.6 is 23.2 Å². The highest BCUT2D eigenvalue weighted by Gasteiger charge is 2.62. The molecule has 1 aromatic heterocycles. The number of oxime groups is 1. The second kappa shape index (κ2) is 10.6. The number of carbonyl (C=O) groups is 1. The van der Waals surface area contributed by atoms with E-state index in [0.717, 1.165) is 17.0 Å². The third-order valence-electron chi connectivity index (χ3n) is 6.38. The maximum Gasteiger partial charge on any atom is 0.435 e. The topological polar surface area (TPSA) is 72.6 Å². The Balaban J connectivity index is 1.56. The van der Waals surface area contributed by atoms with Gasteiger partial charge in [0.1, 0.15) is 5.82 Å². The molecule has 40 heavy (non-hydrogen) atoms. The van der Waals surface area contributed by atoms with E-state index in [0.29, 0.717) is 11.1 Å². The fraction of sp³-hybridized carbons (Fsp3) is 0.360. The lowest BCUT2D eigenvalue weighted by Crippen LogP contribution is -2.42. The predicted molar refractivity (Wildman–Crippen MR) is 136 cm³/mol. The van der Waals surface area contributed by atoms with Gasteiger partial charge in [-0.25, -0.2) is 0 Å². The Morgan fingerprint density at radius 3 is 2.33 bits per heavy atom. The number of rotatable bonds is 6. The van der Waals surface area contributed by atoms with E-state index in [1.54, 1.807) is 6.92 Å². The van der Waals surface area contributed by atoms with E-state index in [2.05, 4.69) is 15.2 Å². The van der Waals surface area contributed by atoms with Gasteiger partial charge in [-0.05, 0) is 48.4 Å². The van der Waals surface area contributed by atoms with Crippen molar-refractivity contribution in [3.63, 3.8) is 0 Å². The third-order valence-corrected chi connectivity index (χ3v) is 6.82. The Labute approximate surface area is 234 Å². The van der Waals surface area contributed by atoms with E-state index < -0.39 is 43.1 Å². The van der Waals surface area contributed by atoms with Gasteiger partial charge in [0.25, 0.3) is 17.5 Å². The molecule has 0 radical (unpaired) electrons. The first-order valence-corrected chi connectivity index (χ1v) is 12.4. The van der Waals surface area contributed by atoms with Gasteiger partial charge in [0.2, 0.25) is 0 Å². The highest BCUT2D eigenvalue weighted by atomic mass is 35.5. The molecule has 7 nitrogen and oxygen atoms in total. The van der Waals surface area contributed by atoms with Crippen LogP contribution in [0.1, 0.15) is 45.7 Å². The molecule has 1 aliphatic rings. The van der Waals surface area contributed by atoms with Crippen molar-refractivity contribution < 1.29 is 36.0 Å². The van der Waals surface area contributed by atoms with Crippen molar-refractivity contribution in [3.05, 3.63) is 74.5 Å². The molecule has 0 N–H and O–H groups in total. The van der Waals surface area contributed by atoms with Gasteiger partial charge in [0, 0.05) is 48.1 Å². The number of aryl methyl sites for hydroxylation is 3. The minimum absolute atomic E-state index is 0.000808. The number of halogens is 8. The number of amides is 1. The average Bonchev–Trinajstić information content (AvgIpc) is 3.46. The van der Waals surface area contributed by atoms with Crippen LogP contribution < -0.4 is 4.90 Å². The lowest BCUT2D eigenvalue weighted by Gasteiger charge is -2.29. The molecule has 0 fully saturated rings. The zero-order valence-corrected chi connectivity index (χ0v) is 22.7. The van der Waals surface area contributed by atoms with Crippen molar-refractivity contribution in [2.45, 2.75) is 44.1 Å². The molecule has 4 rings (SSSR count). The predicted octanol–water partition coefficient (Wildman–Crippen LogP) is 6.78. The summed E-state index contributed by atoms with van der Waals surface area (Å²) < 4.78 is 81.8. The number of hydrogen-bond donors (Lipinski definition) is 0. The number of hydrogen-bond acceptors (Lipinski definition) is 5. The quantitative estimate of drug-likeness (QED) is 0.289. The lowest BCUT2D eigenvalue weighted by atomic mass is 9.86. The van der Waals surface area contributed by atoms with Gasteiger partial charge in [-0.15, -0.1) is 5.10 Å². The molecule has 1 aliphatic heterocycles. The normalized spacial score (nSPS) is 17.5. The summed E-state index contributed by atoms with van der Waals surface area (Å²) in [6.45, 7) is 1.58. The molecule has 1 atom stereocenters. The van der Waals surface area contributed by atoms with Crippen molar-refractivity contribution in [1.82, 2.24) is 14.8 Å². The van der Waals surface area contributed by atoms with E-state index in [1.807, 2.05) is 0 Å². The average molecular weight is 608 g/mol. The number of benzene rings is 2. The lowest BCUT2D eigenvalue weighted by molar-refractivity contribution is -0.275. The summed E-state index contributed by atoms with van der Waals surface area (Å²) in [5.74, 6) is -0.621. The molecule has 15 heteroatoms. The Hall–Kier alpha value is -3.32. The number of alkyl halides is 6. The fourth-order valence-corrected chi connectivity index (χ4v) is 4.74. The van der Waals surface area contributed by atoms with Gasteiger partial charge in [0.05, 0.1) is 12.1 Å². The Morgan fingerprint density at radius 1 is 1.10 bits per heavy atom. The van der Waals surface area contributed by atoms with E-state index in [1.165, 1.54) is 43.0 Å². The van der Waals surface area contributed by atoms with Crippen molar-refractivity contribution in [2.24, 2.45) is 12.2 Å². The zero-order chi connectivity index (χ0) is 29.6. The summed E-state index contributed by atoms with van der Waals surface area (Å²) in [7, 11) is 2.78. The third kappa shape index (κ3) is 5.90. The van der Waals surface area contributed by atoms with Gasteiger partial charge in [-0.3, -0.25) is 14.4 Å². The van der Waals surface area contributed by atoms with Crippen LogP contribution in [0.3, 0.4) is 0 Å². The molecule has 0 spiro atoms. The molecule has 1 unspecified atom stereocenters. The van der Waals surface area contributed by atoms with Crippen molar-refractivity contribution in [3.8, 4) is 0 Å². The molecule has 0 bridgehead atoms. The summed E-state index contributed by atoms with van der Waals surface area (Å²) >= 11 is 11.9. The van der Waals surface area contributed by atoms with Crippen LogP contribution in [0.4, 0.5) is 32.3 Å². The molecule has 3 aromatic rings. The van der Waals surface area contributed by atoms with Gasteiger partial charge >= 0.3 is 12.4 Å². The van der Waals surface area contributed by atoms with Crippen LogP contribution in [-0.4, -0.2) is 45.8 Å². The van der Waals surface area contributed by atoms with Gasteiger partial charge < -0.3 is 4.84 Å². The standard InChI is InChI=1S/C25H21Cl2F6N5O2/c1-13-8-14(19-12-23(40-36-19,25(31,32)33)15-9-16(26)11-17(27)10-15)4-5-18(13)21(39)37(2)22-34-20(38(3)35-22)6-7-24(28,29)30/h4-5,8-11H,6-7,12H2,1-3H3. The maximum atomic E-state index is 14.3. The van der Waals surface area contributed by atoms with E-state index in [-0.39, 0.29) is 38.7 Å². The van der Waals surface area contributed by atoms with E-state index >= 15 is 0 Å². The van der Waals surface area contributed by atoms with Gasteiger partial charge in [0.15, 0.2) is 0 Å². The molecule has 0 saturated heterocycles.